The highest BCUT2D eigenvalue weighted by Crippen LogP contribution is 2.07. The van der Waals surface area contributed by atoms with E-state index in [-0.39, 0.29) is 0 Å². The van der Waals surface area contributed by atoms with Gasteiger partial charge in [-0.1, -0.05) is 67.9 Å². The summed E-state index contributed by atoms with van der Waals surface area (Å²) in [7, 11) is -0.966. The molecule has 15 heavy (non-hydrogen) atoms. The lowest BCUT2D eigenvalue weighted by atomic mass is 10.1. The summed E-state index contributed by atoms with van der Waals surface area (Å²) >= 11 is 2.46. The van der Waals surface area contributed by atoms with E-state index < -0.39 is 8.07 Å². The van der Waals surface area contributed by atoms with Gasteiger partial charge < -0.3 is 4.74 Å². The Morgan fingerprint density at radius 3 is 1.93 bits per heavy atom. The molecular weight excluding hydrogens is 315 g/mol. The van der Waals surface area contributed by atoms with Crippen LogP contribution >= 0.6 is 22.6 Å². The minimum absolute atomic E-state index is 0.966. The van der Waals surface area contributed by atoms with Crippen molar-refractivity contribution in [2.75, 3.05) is 17.3 Å². The van der Waals surface area contributed by atoms with Gasteiger partial charge in [0, 0.05) is 12.8 Å². The molecule has 0 N–H and O–H groups in total. The highest BCUT2D eigenvalue weighted by Gasteiger charge is 2.12. The van der Waals surface area contributed by atoms with Crippen LogP contribution in [0.4, 0.5) is 0 Å². The molecule has 0 spiro atoms. The number of alkyl halides is 1. The molecule has 0 aromatic rings. The third-order valence-electron chi connectivity index (χ3n) is 2.21. The predicted molar refractivity (Wildman–Crippen MR) is 80.8 cm³/mol. The van der Waals surface area contributed by atoms with Crippen LogP contribution in [0, 0.1) is 0 Å². The Balaban J connectivity index is 2.99. The summed E-state index contributed by atoms with van der Waals surface area (Å²) in [5.74, 6) is 0. The van der Waals surface area contributed by atoms with Crippen LogP contribution in [0.1, 0.15) is 38.5 Å². The van der Waals surface area contributed by atoms with Crippen LogP contribution in [0.3, 0.4) is 0 Å². The summed E-state index contributed by atoms with van der Waals surface area (Å²) in [5.41, 5.74) is 0. The molecule has 0 atom stereocenters. The van der Waals surface area contributed by atoms with Crippen LogP contribution in [0.25, 0.3) is 0 Å². The lowest BCUT2D eigenvalue weighted by Gasteiger charge is -2.15. The van der Waals surface area contributed by atoms with Crippen molar-refractivity contribution >= 4 is 30.7 Å². The third kappa shape index (κ3) is 14.9. The van der Waals surface area contributed by atoms with Gasteiger partial charge in [0.2, 0.25) is 0 Å². The van der Waals surface area contributed by atoms with Gasteiger partial charge in [0.05, 0.1) is 8.07 Å². The average molecular weight is 342 g/mol. The Kier molecular flexibility index (Phi) is 10.7. The normalized spacial score (nSPS) is 12.0. The smallest absolute Gasteiger partial charge is 0.0746 e. The second-order valence-electron chi connectivity index (χ2n) is 5.42. The van der Waals surface area contributed by atoms with Gasteiger partial charge in [-0.2, -0.15) is 0 Å². The molecule has 0 aliphatic rings. The van der Waals surface area contributed by atoms with Crippen molar-refractivity contribution in [1.82, 2.24) is 0 Å². The lowest BCUT2D eigenvalue weighted by molar-refractivity contribution is 0.167. The standard InChI is InChI=1S/C12H27IOSi/c1-15(2,3)12-14-11-9-7-5-4-6-8-10-13/h4-12H2,1-3H3. The largest absolute Gasteiger partial charge is 0.385 e. The van der Waals surface area contributed by atoms with Crippen LogP contribution in [0.5, 0.6) is 0 Å². The minimum Gasteiger partial charge on any atom is -0.385 e. The molecule has 0 aliphatic carbocycles. The van der Waals surface area contributed by atoms with Crippen LogP contribution in [-0.2, 0) is 4.74 Å². The van der Waals surface area contributed by atoms with Crippen LogP contribution in [0.2, 0.25) is 19.6 Å². The van der Waals surface area contributed by atoms with Crippen molar-refractivity contribution in [2.24, 2.45) is 0 Å². The SMILES string of the molecule is C[Si](C)(C)COCCCCCCCCI. The summed E-state index contributed by atoms with van der Waals surface area (Å²) in [6, 6.07) is 0. The summed E-state index contributed by atoms with van der Waals surface area (Å²) in [4.78, 5) is 0. The molecule has 0 fully saturated rings. The first-order chi connectivity index (χ1) is 7.06. The first kappa shape index (κ1) is 15.9. The van der Waals surface area contributed by atoms with E-state index in [9.17, 15) is 0 Å². The predicted octanol–water partition coefficient (Wildman–Crippen LogP) is 4.66. The second kappa shape index (κ2) is 10.1. The molecule has 0 aromatic carbocycles. The van der Waals surface area contributed by atoms with Gasteiger partial charge in [0.1, 0.15) is 0 Å². The van der Waals surface area contributed by atoms with Gasteiger partial charge in [-0.05, 0) is 17.3 Å². The summed E-state index contributed by atoms with van der Waals surface area (Å²) in [6.45, 7) is 8.06. The zero-order valence-corrected chi connectivity index (χ0v) is 13.8. The molecular formula is C12H27IOSi. The second-order valence-corrected chi connectivity index (χ2v) is 11.9. The highest BCUT2D eigenvalue weighted by atomic mass is 127. The van der Waals surface area contributed by atoms with Crippen molar-refractivity contribution in [3.05, 3.63) is 0 Å². The van der Waals surface area contributed by atoms with Gasteiger partial charge in [-0.3, -0.25) is 0 Å². The molecule has 0 saturated carbocycles. The Labute approximate surface area is 111 Å². The van der Waals surface area contributed by atoms with E-state index in [1.807, 2.05) is 0 Å². The van der Waals surface area contributed by atoms with Crippen molar-refractivity contribution < 1.29 is 4.74 Å². The topological polar surface area (TPSA) is 9.23 Å². The number of rotatable bonds is 10. The maximum atomic E-state index is 5.69. The van der Waals surface area contributed by atoms with Crippen molar-refractivity contribution in [1.29, 1.82) is 0 Å². The van der Waals surface area contributed by atoms with Gasteiger partial charge in [0.25, 0.3) is 0 Å². The van der Waals surface area contributed by atoms with Crippen molar-refractivity contribution in [3.63, 3.8) is 0 Å². The zero-order chi connectivity index (χ0) is 11.6. The summed E-state index contributed by atoms with van der Waals surface area (Å²) in [6.07, 6.45) is 9.26. The fraction of sp³-hybridized carbons (Fsp3) is 1.00. The molecule has 3 heteroatoms. The van der Waals surface area contributed by atoms with E-state index in [1.165, 1.54) is 43.0 Å². The van der Waals surface area contributed by atoms with E-state index in [2.05, 4.69) is 42.2 Å². The maximum Gasteiger partial charge on any atom is 0.0746 e. The molecule has 0 aliphatic heterocycles. The molecule has 0 aromatic heterocycles. The van der Waals surface area contributed by atoms with Crippen molar-refractivity contribution in [2.45, 2.75) is 58.2 Å². The van der Waals surface area contributed by atoms with Gasteiger partial charge >= 0.3 is 0 Å². The monoisotopic (exact) mass is 342 g/mol. The molecule has 0 bridgehead atoms. The zero-order valence-electron chi connectivity index (χ0n) is 10.7. The number of unbranched alkanes of at least 4 members (excludes halogenated alkanes) is 5. The van der Waals surface area contributed by atoms with Crippen LogP contribution < -0.4 is 0 Å². The molecule has 0 amide bonds. The van der Waals surface area contributed by atoms with E-state index in [1.54, 1.807) is 0 Å². The Morgan fingerprint density at radius 2 is 1.40 bits per heavy atom. The molecule has 0 heterocycles. The van der Waals surface area contributed by atoms with Gasteiger partial charge in [-0.25, -0.2) is 0 Å². The number of hydrogen-bond acceptors (Lipinski definition) is 1. The lowest BCUT2D eigenvalue weighted by Crippen LogP contribution is -2.28. The van der Waals surface area contributed by atoms with Crippen LogP contribution in [-0.4, -0.2) is 25.3 Å². The molecule has 0 radical (unpaired) electrons. The van der Waals surface area contributed by atoms with Crippen molar-refractivity contribution in [3.8, 4) is 0 Å². The fourth-order valence-electron chi connectivity index (χ4n) is 1.38. The van der Waals surface area contributed by atoms with E-state index in [0.29, 0.717) is 0 Å². The third-order valence-corrected chi connectivity index (χ3v) is 4.04. The Bertz CT molecular complexity index is 134. The van der Waals surface area contributed by atoms with E-state index in [4.69, 9.17) is 4.74 Å². The summed E-state index contributed by atoms with van der Waals surface area (Å²) in [5, 5.41) is 0. The first-order valence-corrected chi connectivity index (χ1v) is 11.4. The van der Waals surface area contributed by atoms with Gasteiger partial charge in [-0.15, -0.1) is 0 Å². The molecule has 0 unspecified atom stereocenters. The average Bonchev–Trinajstić information content (AvgIpc) is 2.14. The first-order valence-electron chi connectivity index (χ1n) is 6.20. The highest BCUT2D eigenvalue weighted by molar-refractivity contribution is 14.1. The number of hydrogen-bond donors (Lipinski definition) is 0. The van der Waals surface area contributed by atoms with Crippen LogP contribution in [0.15, 0.2) is 0 Å². The Hall–Kier alpha value is 0.907. The minimum atomic E-state index is -0.966. The molecule has 1 nitrogen and oxygen atoms in total. The Morgan fingerprint density at radius 1 is 0.867 bits per heavy atom. The van der Waals surface area contributed by atoms with Gasteiger partial charge in [0.15, 0.2) is 0 Å². The van der Waals surface area contributed by atoms with E-state index >= 15 is 0 Å². The number of halogens is 1. The molecule has 92 valence electrons. The van der Waals surface area contributed by atoms with E-state index in [0.717, 1.165) is 12.8 Å². The fourth-order valence-corrected chi connectivity index (χ4v) is 2.68. The number of ether oxygens (including phenoxy) is 1. The molecule has 0 rings (SSSR count). The maximum absolute atomic E-state index is 5.69. The summed E-state index contributed by atoms with van der Waals surface area (Å²) < 4.78 is 7.00. The molecule has 0 saturated heterocycles. The quantitative estimate of drug-likeness (QED) is 0.243.